The Morgan fingerprint density at radius 1 is 1.50 bits per heavy atom. The first-order valence-corrected chi connectivity index (χ1v) is 4.77. The molecule has 0 atom stereocenters. The van der Waals surface area contributed by atoms with Gasteiger partial charge in [0.2, 0.25) is 0 Å². The summed E-state index contributed by atoms with van der Waals surface area (Å²) in [4.78, 5) is 0. The van der Waals surface area contributed by atoms with Gasteiger partial charge in [0.1, 0.15) is 0 Å². The summed E-state index contributed by atoms with van der Waals surface area (Å²) in [7, 11) is 1.41. The summed E-state index contributed by atoms with van der Waals surface area (Å²) in [5.41, 5.74) is 5.84. The van der Waals surface area contributed by atoms with Gasteiger partial charge in [-0.15, -0.1) is 0 Å². The zero-order valence-corrected chi connectivity index (χ0v) is 8.57. The molecule has 0 unspecified atom stereocenters. The van der Waals surface area contributed by atoms with E-state index in [1.54, 1.807) is 6.07 Å². The highest BCUT2D eigenvalue weighted by Crippen LogP contribution is 2.46. The first-order chi connectivity index (χ1) is 6.57. The van der Waals surface area contributed by atoms with Gasteiger partial charge in [0.05, 0.1) is 7.11 Å². The minimum Gasteiger partial charge on any atom is -0.494 e. The standard InChI is InChI=1S/C10H11ClFNO/c1-14-8-5-6(11)4-7(9(8)12)10(13)2-3-10/h4-5H,2-3,13H2,1H3. The van der Waals surface area contributed by atoms with E-state index in [0.29, 0.717) is 10.6 Å². The molecule has 2 nitrogen and oxygen atoms in total. The average Bonchev–Trinajstić information content (AvgIpc) is 2.88. The second kappa shape index (κ2) is 3.11. The van der Waals surface area contributed by atoms with Gasteiger partial charge in [0.15, 0.2) is 11.6 Å². The van der Waals surface area contributed by atoms with E-state index < -0.39 is 11.4 Å². The van der Waals surface area contributed by atoms with Gasteiger partial charge in [-0.05, 0) is 18.9 Å². The second-order valence-electron chi connectivity index (χ2n) is 3.63. The summed E-state index contributed by atoms with van der Waals surface area (Å²) in [6.07, 6.45) is 1.60. The molecule has 1 saturated carbocycles. The third-order valence-corrected chi connectivity index (χ3v) is 2.77. The van der Waals surface area contributed by atoms with Crippen molar-refractivity contribution < 1.29 is 9.13 Å². The maximum Gasteiger partial charge on any atom is 0.170 e. The van der Waals surface area contributed by atoms with Crippen molar-refractivity contribution in [3.63, 3.8) is 0 Å². The van der Waals surface area contributed by atoms with Crippen LogP contribution in [-0.4, -0.2) is 7.11 Å². The second-order valence-corrected chi connectivity index (χ2v) is 4.06. The molecule has 0 aliphatic heterocycles. The van der Waals surface area contributed by atoms with Gasteiger partial charge in [0.25, 0.3) is 0 Å². The predicted molar refractivity (Wildman–Crippen MR) is 53.1 cm³/mol. The van der Waals surface area contributed by atoms with Crippen molar-refractivity contribution in [3.05, 3.63) is 28.5 Å². The number of ether oxygens (including phenoxy) is 1. The van der Waals surface area contributed by atoms with E-state index in [-0.39, 0.29) is 5.75 Å². The van der Waals surface area contributed by atoms with Crippen molar-refractivity contribution >= 4 is 11.6 Å². The molecule has 0 radical (unpaired) electrons. The largest absolute Gasteiger partial charge is 0.494 e. The number of halogens is 2. The third-order valence-electron chi connectivity index (χ3n) is 2.55. The SMILES string of the molecule is COc1cc(Cl)cc(C2(N)CC2)c1F. The number of rotatable bonds is 2. The molecule has 14 heavy (non-hydrogen) atoms. The maximum atomic E-state index is 13.7. The third kappa shape index (κ3) is 1.47. The molecule has 0 bridgehead atoms. The molecule has 4 heteroatoms. The van der Waals surface area contributed by atoms with Gasteiger partial charge in [-0.3, -0.25) is 0 Å². The lowest BCUT2D eigenvalue weighted by Crippen LogP contribution is -2.20. The van der Waals surface area contributed by atoms with Crippen molar-refractivity contribution in [3.8, 4) is 5.75 Å². The van der Waals surface area contributed by atoms with Gasteiger partial charge in [0, 0.05) is 22.2 Å². The Kier molecular flexibility index (Phi) is 2.16. The summed E-state index contributed by atoms with van der Waals surface area (Å²) in [5, 5.41) is 0.454. The molecule has 1 fully saturated rings. The molecule has 1 aromatic rings. The molecule has 1 aromatic carbocycles. The lowest BCUT2D eigenvalue weighted by molar-refractivity contribution is 0.381. The van der Waals surface area contributed by atoms with Crippen molar-refractivity contribution in [1.29, 1.82) is 0 Å². The van der Waals surface area contributed by atoms with Gasteiger partial charge >= 0.3 is 0 Å². The molecular weight excluding hydrogens is 205 g/mol. The predicted octanol–water partition coefficient (Wildman–Crippen LogP) is 2.44. The molecule has 0 amide bonds. The zero-order chi connectivity index (χ0) is 10.3. The van der Waals surface area contributed by atoms with E-state index in [2.05, 4.69) is 0 Å². The van der Waals surface area contributed by atoms with Crippen molar-refractivity contribution in [2.45, 2.75) is 18.4 Å². The van der Waals surface area contributed by atoms with Crippen LogP contribution in [0.5, 0.6) is 5.75 Å². The molecule has 1 aliphatic rings. The van der Waals surface area contributed by atoms with Gasteiger partial charge in [-0.25, -0.2) is 4.39 Å². The van der Waals surface area contributed by atoms with Crippen LogP contribution >= 0.6 is 11.6 Å². The van der Waals surface area contributed by atoms with Crippen LogP contribution < -0.4 is 10.5 Å². The quantitative estimate of drug-likeness (QED) is 0.823. The maximum absolute atomic E-state index is 13.7. The molecule has 0 heterocycles. The lowest BCUT2D eigenvalue weighted by atomic mass is 10.0. The number of hydrogen-bond acceptors (Lipinski definition) is 2. The topological polar surface area (TPSA) is 35.2 Å². The summed E-state index contributed by atoms with van der Waals surface area (Å²) < 4.78 is 18.6. The fourth-order valence-electron chi connectivity index (χ4n) is 1.48. The van der Waals surface area contributed by atoms with Crippen LogP contribution in [0.25, 0.3) is 0 Å². The Morgan fingerprint density at radius 3 is 2.64 bits per heavy atom. The molecule has 2 rings (SSSR count). The van der Waals surface area contributed by atoms with Crippen molar-refractivity contribution in [2.24, 2.45) is 5.73 Å². The summed E-state index contributed by atoms with van der Waals surface area (Å²) in [6.45, 7) is 0. The Hall–Kier alpha value is -0.800. The molecule has 0 saturated heterocycles. The van der Waals surface area contributed by atoms with Crippen LogP contribution in [0.15, 0.2) is 12.1 Å². The monoisotopic (exact) mass is 215 g/mol. The minimum atomic E-state index is -0.526. The number of benzene rings is 1. The van der Waals surface area contributed by atoms with Crippen LogP contribution in [0.4, 0.5) is 4.39 Å². The smallest absolute Gasteiger partial charge is 0.170 e. The minimum absolute atomic E-state index is 0.157. The highest BCUT2D eigenvalue weighted by molar-refractivity contribution is 6.30. The highest BCUT2D eigenvalue weighted by Gasteiger charge is 2.43. The van der Waals surface area contributed by atoms with Crippen molar-refractivity contribution in [1.82, 2.24) is 0 Å². The number of nitrogens with two attached hydrogens (primary N) is 1. The Labute approximate surface area is 86.8 Å². The van der Waals surface area contributed by atoms with Crippen LogP contribution in [0, 0.1) is 5.82 Å². The van der Waals surface area contributed by atoms with Crippen molar-refractivity contribution in [2.75, 3.05) is 7.11 Å². The molecule has 2 N–H and O–H groups in total. The Balaban J connectivity index is 2.54. The first kappa shape index (κ1) is 9.74. The van der Waals surface area contributed by atoms with Crippen LogP contribution in [0.2, 0.25) is 5.02 Å². The Morgan fingerprint density at radius 2 is 2.14 bits per heavy atom. The number of hydrogen-bond donors (Lipinski definition) is 1. The van der Waals surface area contributed by atoms with E-state index in [1.807, 2.05) is 0 Å². The first-order valence-electron chi connectivity index (χ1n) is 4.39. The van der Waals surface area contributed by atoms with E-state index >= 15 is 0 Å². The molecule has 0 spiro atoms. The number of methoxy groups -OCH3 is 1. The van der Waals surface area contributed by atoms with E-state index in [9.17, 15) is 4.39 Å². The molecular formula is C10H11ClFNO. The zero-order valence-electron chi connectivity index (χ0n) is 7.81. The van der Waals surface area contributed by atoms with Gasteiger partial charge in [-0.2, -0.15) is 0 Å². The molecule has 76 valence electrons. The Bertz CT molecular complexity index is 377. The summed E-state index contributed by atoms with van der Waals surface area (Å²) in [6, 6.07) is 3.03. The highest BCUT2D eigenvalue weighted by atomic mass is 35.5. The van der Waals surface area contributed by atoms with Crippen LogP contribution in [0.1, 0.15) is 18.4 Å². The summed E-state index contributed by atoms with van der Waals surface area (Å²) >= 11 is 5.83. The lowest BCUT2D eigenvalue weighted by Gasteiger charge is -2.13. The van der Waals surface area contributed by atoms with E-state index in [0.717, 1.165) is 12.8 Å². The van der Waals surface area contributed by atoms with E-state index in [1.165, 1.54) is 13.2 Å². The molecule has 1 aliphatic carbocycles. The van der Waals surface area contributed by atoms with Gasteiger partial charge in [-0.1, -0.05) is 11.6 Å². The van der Waals surface area contributed by atoms with Gasteiger partial charge < -0.3 is 10.5 Å². The fourth-order valence-corrected chi connectivity index (χ4v) is 1.69. The average molecular weight is 216 g/mol. The van der Waals surface area contributed by atoms with Crippen LogP contribution in [0.3, 0.4) is 0 Å². The van der Waals surface area contributed by atoms with E-state index in [4.69, 9.17) is 22.1 Å². The normalized spacial score (nSPS) is 18.0. The van der Waals surface area contributed by atoms with Crippen LogP contribution in [-0.2, 0) is 5.54 Å². The summed E-state index contributed by atoms with van der Waals surface area (Å²) in [5.74, 6) is -0.235. The molecule has 0 aromatic heterocycles. The fraction of sp³-hybridized carbons (Fsp3) is 0.400.